The molecule has 0 atom stereocenters. The molecule has 2 aromatic rings. The third-order valence-electron chi connectivity index (χ3n) is 2.67. The molecule has 1 heterocycles. The van der Waals surface area contributed by atoms with Gasteiger partial charge >= 0.3 is 5.97 Å². The highest BCUT2D eigenvalue weighted by Gasteiger charge is 2.09. The van der Waals surface area contributed by atoms with Crippen LogP contribution in [0.25, 0.3) is 0 Å². The molecule has 114 valence electrons. The highest BCUT2D eigenvalue weighted by Crippen LogP contribution is 2.15. The quantitative estimate of drug-likeness (QED) is 0.518. The first-order valence-electron chi connectivity index (χ1n) is 6.49. The number of hydrogen-bond donors (Lipinski definition) is 1. The lowest BCUT2D eigenvalue weighted by Crippen LogP contribution is -2.15. The highest BCUT2D eigenvalue weighted by molar-refractivity contribution is 7.99. The average molecular weight is 317 g/mol. The summed E-state index contributed by atoms with van der Waals surface area (Å²) < 4.78 is 4.64. The summed E-state index contributed by atoms with van der Waals surface area (Å²) >= 11 is 1.25. The van der Waals surface area contributed by atoms with Crippen molar-refractivity contribution in [1.82, 2.24) is 9.97 Å². The van der Waals surface area contributed by atoms with Crippen LogP contribution in [-0.2, 0) is 9.53 Å². The Labute approximate surface area is 132 Å². The summed E-state index contributed by atoms with van der Waals surface area (Å²) in [6, 6.07) is 8.37. The molecule has 0 aliphatic carbocycles. The second kappa shape index (κ2) is 7.56. The molecule has 0 aliphatic heterocycles. The molecule has 0 saturated carbocycles. The van der Waals surface area contributed by atoms with Gasteiger partial charge in [0.05, 0.1) is 18.4 Å². The number of benzene rings is 1. The number of anilines is 1. The molecular formula is C15H15N3O3S. The van der Waals surface area contributed by atoms with Crippen LogP contribution in [0.3, 0.4) is 0 Å². The minimum absolute atomic E-state index is 0.186. The lowest BCUT2D eigenvalue weighted by molar-refractivity contribution is -0.113. The van der Waals surface area contributed by atoms with Gasteiger partial charge in [0.2, 0.25) is 5.91 Å². The summed E-state index contributed by atoms with van der Waals surface area (Å²) in [4.78, 5) is 31.6. The van der Waals surface area contributed by atoms with E-state index in [1.165, 1.54) is 18.9 Å². The molecule has 0 radical (unpaired) electrons. The topological polar surface area (TPSA) is 81.2 Å². The van der Waals surface area contributed by atoms with Crippen molar-refractivity contribution in [3.05, 3.63) is 47.8 Å². The van der Waals surface area contributed by atoms with Crippen molar-refractivity contribution < 1.29 is 14.3 Å². The molecule has 1 aromatic carbocycles. The lowest BCUT2D eigenvalue weighted by Gasteiger charge is -2.06. The number of nitrogens with one attached hydrogen (secondary N) is 1. The normalized spacial score (nSPS) is 10.1. The van der Waals surface area contributed by atoms with Crippen LogP contribution in [0.2, 0.25) is 0 Å². The fourth-order valence-corrected chi connectivity index (χ4v) is 2.34. The summed E-state index contributed by atoms with van der Waals surface area (Å²) in [5.41, 5.74) is 1.78. The van der Waals surface area contributed by atoms with E-state index in [2.05, 4.69) is 20.0 Å². The SMILES string of the molecule is COC(=O)c1cccc(NC(=O)CSc2nccc(C)n2)c1. The smallest absolute Gasteiger partial charge is 0.337 e. The Morgan fingerprint density at radius 1 is 1.32 bits per heavy atom. The first-order valence-corrected chi connectivity index (χ1v) is 7.47. The van der Waals surface area contributed by atoms with E-state index in [0.717, 1.165) is 5.69 Å². The fraction of sp³-hybridized carbons (Fsp3) is 0.200. The van der Waals surface area contributed by atoms with E-state index in [1.807, 2.05) is 6.92 Å². The fourth-order valence-electron chi connectivity index (χ4n) is 1.66. The second-order valence-corrected chi connectivity index (χ2v) is 5.33. The van der Waals surface area contributed by atoms with Gasteiger partial charge in [-0.05, 0) is 31.2 Å². The zero-order chi connectivity index (χ0) is 15.9. The Hall–Kier alpha value is -2.41. The number of methoxy groups -OCH3 is 1. The van der Waals surface area contributed by atoms with Crippen molar-refractivity contribution in [2.75, 3.05) is 18.2 Å². The lowest BCUT2D eigenvalue weighted by atomic mass is 10.2. The molecule has 0 unspecified atom stereocenters. The van der Waals surface area contributed by atoms with Gasteiger partial charge in [0.15, 0.2) is 5.16 Å². The van der Waals surface area contributed by atoms with Gasteiger partial charge in [0, 0.05) is 17.6 Å². The first-order chi connectivity index (χ1) is 10.6. The van der Waals surface area contributed by atoms with Gasteiger partial charge in [-0.3, -0.25) is 4.79 Å². The van der Waals surface area contributed by atoms with Gasteiger partial charge in [-0.15, -0.1) is 0 Å². The Bertz CT molecular complexity index is 691. The molecule has 1 aromatic heterocycles. The number of ether oxygens (including phenoxy) is 1. The minimum atomic E-state index is -0.446. The number of hydrogen-bond acceptors (Lipinski definition) is 6. The largest absolute Gasteiger partial charge is 0.465 e. The molecule has 7 heteroatoms. The van der Waals surface area contributed by atoms with Gasteiger partial charge in [0.25, 0.3) is 0 Å². The van der Waals surface area contributed by atoms with Crippen LogP contribution in [-0.4, -0.2) is 34.7 Å². The van der Waals surface area contributed by atoms with Crippen LogP contribution in [0.1, 0.15) is 16.1 Å². The van der Waals surface area contributed by atoms with E-state index in [1.54, 1.807) is 36.5 Å². The number of aromatic nitrogens is 2. The summed E-state index contributed by atoms with van der Waals surface area (Å²) in [6.07, 6.45) is 1.66. The van der Waals surface area contributed by atoms with E-state index in [0.29, 0.717) is 16.4 Å². The summed E-state index contributed by atoms with van der Waals surface area (Å²) in [6.45, 7) is 1.87. The predicted molar refractivity (Wildman–Crippen MR) is 83.9 cm³/mol. The molecular weight excluding hydrogens is 302 g/mol. The number of thioether (sulfide) groups is 1. The van der Waals surface area contributed by atoms with E-state index in [-0.39, 0.29) is 11.7 Å². The molecule has 0 fully saturated rings. The van der Waals surface area contributed by atoms with Crippen molar-refractivity contribution in [3.8, 4) is 0 Å². The van der Waals surface area contributed by atoms with Crippen LogP contribution in [0.15, 0.2) is 41.7 Å². The van der Waals surface area contributed by atoms with Gasteiger partial charge < -0.3 is 10.1 Å². The molecule has 0 saturated heterocycles. The van der Waals surface area contributed by atoms with Crippen molar-refractivity contribution in [3.63, 3.8) is 0 Å². The zero-order valence-electron chi connectivity index (χ0n) is 12.2. The maximum absolute atomic E-state index is 11.9. The molecule has 0 aliphatic rings. The number of esters is 1. The standard InChI is InChI=1S/C15H15N3O3S/c1-10-6-7-16-15(17-10)22-9-13(19)18-12-5-3-4-11(8-12)14(20)21-2/h3-8H,9H2,1-2H3,(H,18,19). The van der Waals surface area contributed by atoms with Crippen LogP contribution >= 0.6 is 11.8 Å². The summed E-state index contributed by atoms with van der Waals surface area (Å²) in [7, 11) is 1.31. The summed E-state index contributed by atoms with van der Waals surface area (Å²) in [5, 5.41) is 3.28. The monoisotopic (exact) mass is 317 g/mol. The minimum Gasteiger partial charge on any atom is -0.465 e. The number of rotatable bonds is 5. The van der Waals surface area contributed by atoms with Crippen molar-refractivity contribution >= 4 is 29.3 Å². The maximum Gasteiger partial charge on any atom is 0.337 e. The van der Waals surface area contributed by atoms with Crippen molar-refractivity contribution in [1.29, 1.82) is 0 Å². The van der Waals surface area contributed by atoms with E-state index < -0.39 is 5.97 Å². The Balaban J connectivity index is 1.93. The molecule has 6 nitrogen and oxygen atoms in total. The van der Waals surface area contributed by atoms with Crippen LogP contribution < -0.4 is 5.32 Å². The number of amides is 1. The number of nitrogens with zero attached hydrogens (tertiary/aromatic N) is 2. The molecule has 0 bridgehead atoms. The molecule has 22 heavy (non-hydrogen) atoms. The molecule has 1 amide bonds. The first kappa shape index (κ1) is 16.0. The van der Waals surface area contributed by atoms with Gasteiger partial charge in [-0.1, -0.05) is 17.8 Å². The van der Waals surface area contributed by atoms with E-state index in [4.69, 9.17) is 0 Å². The summed E-state index contributed by atoms with van der Waals surface area (Å²) in [5.74, 6) is -0.456. The maximum atomic E-state index is 11.9. The van der Waals surface area contributed by atoms with Crippen LogP contribution in [0.5, 0.6) is 0 Å². The average Bonchev–Trinajstić information content (AvgIpc) is 2.52. The van der Waals surface area contributed by atoms with Gasteiger partial charge in [-0.2, -0.15) is 0 Å². The zero-order valence-corrected chi connectivity index (χ0v) is 13.0. The number of carbonyl (C=O) groups excluding carboxylic acids is 2. The van der Waals surface area contributed by atoms with Crippen molar-refractivity contribution in [2.24, 2.45) is 0 Å². The van der Waals surface area contributed by atoms with E-state index in [9.17, 15) is 9.59 Å². The molecule has 0 spiro atoms. The van der Waals surface area contributed by atoms with Gasteiger partial charge in [-0.25, -0.2) is 14.8 Å². The van der Waals surface area contributed by atoms with Crippen LogP contribution in [0, 0.1) is 6.92 Å². The van der Waals surface area contributed by atoms with Gasteiger partial charge in [0.1, 0.15) is 0 Å². The highest BCUT2D eigenvalue weighted by atomic mass is 32.2. The predicted octanol–water partition coefficient (Wildman–Crippen LogP) is 2.30. The van der Waals surface area contributed by atoms with Crippen molar-refractivity contribution in [2.45, 2.75) is 12.1 Å². The van der Waals surface area contributed by atoms with Crippen LogP contribution in [0.4, 0.5) is 5.69 Å². The number of carbonyl (C=O) groups is 2. The van der Waals surface area contributed by atoms with E-state index >= 15 is 0 Å². The second-order valence-electron chi connectivity index (χ2n) is 4.39. The molecule has 1 N–H and O–H groups in total. The Kier molecular flexibility index (Phi) is 5.48. The third-order valence-corrected chi connectivity index (χ3v) is 3.53. The number of aryl methyl sites for hydroxylation is 1. The molecule has 2 rings (SSSR count). The Morgan fingerprint density at radius 3 is 2.86 bits per heavy atom. The Morgan fingerprint density at radius 2 is 2.14 bits per heavy atom. The third kappa shape index (κ3) is 4.56.